The molecule has 7 heteroatoms. The zero-order chi connectivity index (χ0) is 10.1. The largest absolute Gasteiger partial charge is 0.302 e. The van der Waals surface area contributed by atoms with Gasteiger partial charge in [0, 0.05) is 0 Å². The van der Waals surface area contributed by atoms with Gasteiger partial charge in [-0.05, 0) is 12.1 Å². The maximum absolute atomic E-state index is 12.8. The van der Waals surface area contributed by atoms with Gasteiger partial charge in [-0.2, -0.15) is 0 Å². The van der Waals surface area contributed by atoms with Gasteiger partial charge >= 0.3 is 0 Å². The van der Waals surface area contributed by atoms with Gasteiger partial charge in [0.05, 0.1) is 0 Å². The molecule has 0 fully saturated rings. The van der Waals surface area contributed by atoms with Crippen molar-refractivity contribution in [3.05, 3.63) is 29.8 Å². The van der Waals surface area contributed by atoms with Crippen LogP contribution in [0.15, 0.2) is 23.1 Å². The Labute approximate surface area is 72.8 Å². The Morgan fingerprint density at radius 1 is 1.23 bits per heavy atom. The van der Waals surface area contributed by atoms with E-state index in [0.717, 1.165) is 23.1 Å². The van der Waals surface area contributed by atoms with Crippen molar-refractivity contribution in [2.75, 3.05) is 0 Å². The van der Waals surface area contributed by atoms with Crippen LogP contribution in [-0.2, 0) is 10.0 Å². The Kier molecular flexibility index (Phi) is 2.60. The smallest absolute Gasteiger partial charge is 0.268 e. The number of nitrogens with one attached hydrogen (secondary N) is 1. The third-order valence-electron chi connectivity index (χ3n) is 1.31. The summed E-state index contributed by atoms with van der Waals surface area (Å²) in [5.41, 5.74) is 0. The molecule has 1 rings (SSSR count). The van der Waals surface area contributed by atoms with E-state index in [4.69, 9.17) is 5.21 Å². The van der Waals surface area contributed by atoms with Crippen molar-refractivity contribution in [2.45, 2.75) is 4.90 Å². The van der Waals surface area contributed by atoms with Crippen LogP contribution in [0.25, 0.3) is 0 Å². The van der Waals surface area contributed by atoms with E-state index < -0.39 is 26.6 Å². The number of benzene rings is 1. The average molecular weight is 209 g/mol. The van der Waals surface area contributed by atoms with Crippen molar-refractivity contribution in [2.24, 2.45) is 0 Å². The van der Waals surface area contributed by atoms with Crippen LogP contribution in [0.2, 0.25) is 0 Å². The predicted molar refractivity (Wildman–Crippen MR) is 38.5 cm³/mol. The Bertz CT molecular complexity index is 398. The Morgan fingerprint density at radius 2 is 1.69 bits per heavy atom. The molecule has 0 aliphatic heterocycles. The van der Waals surface area contributed by atoms with Crippen LogP contribution in [0.5, 0.6) is 0 Å². The summed E-state index contributed by atoms with van der Waals surface area (Å²) < 4.78 is 47.1. The average Bonchev–Trinajstić information content (AvgIpc) is 2.03. The van der Waals surface area contributed by atoms with Gasteiger partial charge in [-0.1, -0.05) is 11.0 Å². The lowest BCUT2D eigenvalue weighted by molar-refractivity contribution is 0.241. The molecule has 0 spiro atoms. The van der Waals surface area contributed by atoms with Gasteiger partial charge < -0.3 is 5.21 Å². The van der Waals surface area contributed by atoms with Gasteiger partial charge in [0.25, 0.3) is 10.0 Å². The second-order valence-corrected chi connectivity index (χ2v) is 3.74. The van der Waals surface area contributed by atoms with Gasteiger partial charge in [0.15, 0.2) is 4.90 Å². The van der Waals surface area contributed by atoms with Crippen molar-refractivity contribution in [1.29, 1.82) is 0 Å². The summed E-state index contributed by atoms with van der Waals surface area (Å²) in [5.74, 6) is -2.52. The highest BCUT2D eigenvalue weighted by atomic mass is 32.2. The molecule has 0 radical (unpaired) electrons. The quantitative estimate of drug-likeness (QED) is 0.702. The molecule has 0 aromatic heterocycles. The first-order valence-corrected chi connectivity index (χ1v) is 4.57. The molecule has 0 aliphatic carbocycles. The fourth-order valence-corrected chi connectivity index (χ4v) is 1.53. The maximum Gasteiger partial charge on any atom is 0.268 e. The Balaban J connectivity index is 3.46. The summed E-state index contributed by atoms with van der Waals surface area (Å²) in [6.45, 7) is 0. The molecule has 0 bridgehead atoms. The normalized spacial score (nSPS) is 11.6. The third-order valence-corrected chi connectivity index (χ3v) is 2.48. The van der Waals surface area contributed by atoms with E-state index in [1.165, 1.54) is 0 Å². The fraction of sp³-hybridized carbons (Fsp3) is 0. The zero-order valence-electron chi connectivity index (χ0n) is 6.16. The molecule has 0 saturated carbocycles. The SMILES string of the molecule is O=S(=O)(NO)c1c(F)cccc1F. The molecule has 0 aliphatic rings. The summed E-state index contributed by atoms with van der Waals surface area (Å²) in [5, 5.41) is 8.13. The molecular weight excluding hydrogens is 204 g/mol. The molecule has 1 aromatic rings. The molecular formula is C6H5F2NO3S. The summed E-state index contributed by atoms with van der Waals surface area (Å²) in [7, 11) is -4.50. The van der Waals surface area contributed by atoms with Crippen molar-refractivity contribution in [3.8, 4) is 0 Å². The highest BCUT2D eigenvalue weighted by Gasteiger charge is 2.22. The summed E-state index contributed by atoms with van der Waals surface area (Å²) in [6, 6.07) is 2.56. The second-order valence-electron chi connectivity index (χ2n) is 2.15. The van der Waals surface area contributed by atoms with Gasteiger partial charge in [0.2, 0.25) is 0 Å². The number of hydrogen-bond donors (Lipinski definition) is 2. The molecule has 1 aromatic carbocycles. The third kappa shape index (κ3) is 1.82. The molecule has 0 heterocycles. The van der Waals surface area contributed by atoms with E-state index in [1.54, 1.807) is 0 Å². The molecule has 0 amide bonds. The minimum atomic E-state index is -4.50. The number of halogens is 2. The fourth-order valence-electron chi connectivity index (χ4n) is 0.785. The lowest BCUT2D eigenvalue weighted by atomic mass is 10.3. The van der Waals surface area contributed by atoms with E-state index in [-0.39, 0.29) is 0 Å². The molecule has 0 saturated heterocycles. The summed E-state index contributed by atoms with van der Waals surface area (Å²) in [4.78, 5) is -0.365. The zero-order valence-corrected chi connectivity index (χ0v) is 6.98. The summed E-state index contributed by atoms with van der Waals surface area (Å²) >= 11 is 0. The first-order chi connectivity index (χ1) is 5.99. The first kappa shape index (κ1) is 10.0. The van der Waals surface area contributed by atoms with Crippen molar-refractivity contribution >= 4 is 10.0 Å². The van der Waals surface area contributed by atoms with Gasteiger partial charge in [-0.25, -0.2) is 17.2 Å². The van der Waals surface area contributed by atoms with Crippen molar-refractivity contribution < 1.29 is 22.4 Å². The molecule has 13 heavy (non-hydrogen) atoms. The molecule has 4 nitrogen and oxygen atoms in total. The maximum atomic E-state index is 12.8. The standard InChI is InChI=1S/C6H5F2NO3S/c7-4-2-1-3-5(8)6(4)13(11,12)9-10/h1-3,9-10H. The van der Waals surface area contributed by atoms with Crippen molar-refractivity contribution in [1.82, 2.24) is 4.89 Å². The molecule has 0 atom stereocenters. The van der Waals surface area contributed by atoms with Crippen LogP contribution in [-0.4, -0.2) is 13.6 Å². The molecule has 0 unspecified atom stereocenters. The summed E-state index contributed by atoms with van der Waals surface area (Å²) in [6.07, 6.45) is 0. The van der Waals surface area contributed by atoms with E-state index in [9.17, 15) is 17.2 Å². The van der Waals surface area contributed by atoms with E-state index in [2.05, 4.69) is 0 Å². The van der Waals surface area contributed by atoms with Gasteiger partial charge in [-0.3, -0.25) is 0 Å². The van der Waals surface area contributed by atoms with Crippen LogP contribution in [0, 0.1) is 11.6 Å². The number of sulfonamides is 1. The molecule has 2 N–H and O–H groups in total. The van der Waals surface area contributed by atoms with Gasteiger partial charge in [0.1, 0.15) is 11.6 Å². The number of hydrogen-bond acceptors (Lipinski definition) is 3. The van der Waals surface area contributed by atoms with Crippen LogP contribution >= 0.6 is 0 Å². The van der Waals surface area contributed by atoms with Crippen LogP contribution < -0.4 is 4.89 Å². The highest BCUT2D eigenvalue weighted by molar-refractivity contribution is 7.89. The number of rotatable bonds is 2. The van der Waals surface area contributed by atoms with Crippen LogP contribution in [0.4, 0.5) is 8.78 Å². The topological polar surface area (TPSA) is 66.4 Å². The minimum Gasteiger partial charge on any atom is -0.302 e. The van der Waals surface area contributed by atoms with Crippen LogP contribution in [0.3, 0.4) is 0 Å². The van der Waals surface area contributed by atoms with E-state index in [1.807, 2.05) is 0 Å². The van der Waals surface area contributed by atoms with E-state index >= 15 is 0 Å². The van der Waals surface area contributed by atoms with E-state index in [0.29, 0.717) is 0 Å². The predicted octanol–water partition coefficient (Wildman–Crippen LogP) is 0.632. The van der Waals surface area contributed by atoms with Crippen molar-refractivity contribution in [3.63, 3.8) is 0 Å². The second kappa shape index (κ2) is 3.36. The van der Waals surface area contributed by atoms with Gasteiger partial charge in [-0.15, -0.1) is 0 Å². The lowest BCUT2D eigenvalue weighted by Crippen LogP contribution is -2.21. The minimum absolute atomic E-state index is 0.771. The van der Waals surface area contributed by atoms with Crippen LogP contribution in [0.1, 0.15) is 0 Å². The Hall–Kier alpha value is -1.05. The molecule has 72 valence electrons. The highest BCUT2D eigenvalue weighted by Crippen LogP contribution is 2.17. The first-order valence-electron chi connectivity index (χ1n) is 3.09. The monoisotopic (exact) mass is 209 g/mol. The Morgan fingerprint density at radius 3 is 2.08 bits per heavy atom. The lowest BCUT2D eigenvalue weighted by Gasteiger charge is -2.03.